The van der Waals surface area contributed by atoms with Crippen molar-refractivity contribution in [3.05, 3.63) is 29.8 Å². The second-order valence-corrected chi connectivity index (χ2v) is 3.15. The van der Waals surface area contributed by atoms with Crippen molar-refractivity contribution in [1.82, 2.24) is 0 Å². The Morgan fingerprint density at radius 1 is 1.36 bits per heavy atom. The van der Waals surface area contributed by atoms with Crippen molar-refractivity contribution in [3.8, 4) is 0 Å². The molecule has 74 valence electrons. The van der Waals surface area contributed by atoms with Gasteiger partial charge in [0.05, 0.1) is 0 Å². The van der Waals surface area contributed by atoms with Gasteiger partial charge >= 0.3 is 0 Å². The molecule has 0 radical (unpaired) electrons. The Labute approximate surface area is 91.0 Å². The van der Waals surface area contributed by atoms with Gasteiger partial charge in [0.25, 0.3) is 5.24 Å². The number of carbonyl (C=O) groups excluding carboxylic acids is 2. The van der Waals surface area contributed by atoms with Crippen LogP contribution in [0.3, 0.4) is 0 Å². The second-order valence-electron chi connectivity index (χ2n) is 2.54. The van der Waals surface area contributed by atoms with Crippen LogP contribution in [0.4, 0.5) is 5.69 Å². The molecule has 0 aliphatic rings. The van der Waals surface area contributed by atoms with Crippen molar-refractivity contribution in [2.75, 3.05) is 11.2 Å². The lowest BCUT2D eigenvalue weighted by molar-refractivity contribution is -0.113. The van der Waals surface area contributed by atoms with Crippen LogP contribution in [0.5, 0.6) is 0 Å². The fourth-order valence-corrected chi connectivity index (χ4v) is 1.10. The molecule has 0 fully saturated rings. The molecule has 1 N–H and O–H groups in total. The molecule has 0 aliphatic carbocycles. The highest BCUT2D eigenvalue weighted by molar-refractivity contribution is 6.67. The molecule has 14 heavy (non-hydrogen) atoms. The average molecular weight is 232 g/mol. The Morgan fingerprint density at radius 2 is 2.07 bits per heavy atom. The van der Waals surface area contributed by atoms with Crippen LogP contribution in [-0.4, -0.2) is 17.0 Å². The van der Waals surface area contributed by atoms with Gasteiger partial charge in [-0.05, 0) is 29.8 Å². The summed E-state index contributed by atoms with van der Waals surface area (Å²) < 4.78 is 0. The monoisotopic (exact) mass is 231 g/mol. The maximum Gasteiger partial charge on any atom is 0.252 e. The fraction of sp³-hybridized carbons (Fsp3) is 0.111. The number of hydrogen-bond donors (Lipinski definition) is 1. The van der Waals surface area contributed by atoms with Crippen LogP contribution in [-0.2, 0) is 4.79 Å². The Morgan fingerprint density at radius 3 is 2.64 bits per heavy atom. The molecule has 0 aliphatic heterocycles. The minimum atomic E-state index is -0.563. The van der Waals surface area contributed by atoms with Gasteiger partial charge in [-0.1, -0.05) is 6.07 Å². The van der Waals surface area contributed by atoms with Gasteiger partial charge in [0.1, 0.15) is 5.88 Å². The molecule has 0 unspecified atom stereocenters. The first-order valence-corrected chi connectivity index (χ1v) is 4.70. The zero-order chi connectivity index (χ0) is 10.6. The van der Waals surface area contributed by atoms with Gasteiger partial charge in [0, 0.05) is 11.3 Å². The molecule has 1 amide bonds. The summed E-state index contributed by atoms with van der Waals surface area (Å²) in [7, 11) is 0. The van der Waals surface area contributed by atoms with Crippen LogP contribution in [0, 0.1) is 0 Å². The van der Waals surface area contributed by atoms with Gasteiger partial charge < -0.3 is 5.32 Å². The first-order valence-electron chi connectivity index (χ1n) is 3.79. The van der Waals surface area contributed by atoms with E-state index in [4.69, 9.17) is 23.2 Å². The van der Waals surface area contributed by atoms with Crippen molar-refractivity contribution in [3.63, 3.8) is 0 Å². The van der Waals surface area contributed by atoms with Gasteiger partial charge in [0.2, 0.25) is 5.91 Å². The Hall–Kier alpha value is -1.06. The van der Waals surface area contributed by atoms with E-state index < -0.39 is 5.24 Å². The van der Waals surface area contributed by atoms with Crippen molar-refractivity contribution in [2.45, 2.75) is 0 Å². The number of alkyl halides is 1. The second kappa shape index (κ2) is 4.98. The smallest absolute Gasteiger partial charge is 0.252 e. The van der Waals surface area contributed by atoms with Crippen molar-refractivity contribution < 1.29 is 9.59 Å². The minimum Gasteiger partial charge on any atom is -0.325 e. The number of nitrogens with one attached hydrogen (secondary N) is 1. The number of halogens is 2. The normalized spacial score (nSPS) is 9.57. The molecular weight excluding hydrogens is 225 g/mol. The number of anilines is 1. The lowest BCUT2D eigenvalue weighted by atomic mass is 10.2. The molecule has 3 nitrogen and oxygen atoms in total. The molecule has 1 aromatic rings. The van der Waals surface area contributed by atoms with E-state index in [0.717, 1.165) is 0 Å². The van der Waals surface area contributed by atoms with Gasteiger partial charge in [-0.15, -0.1) is 11.6 Å². The van der Waals surface area contributed by atoms with Crippen LogP contribution in [0.2, 0.25) is 0 Å². The third-order valence-corrected chi connectivity index (χ3v) is 1.96. The molecule has 1 rings (SSSR count). The van der Waals surface area contributed by atoms with E-state index in [2.05, 4.69) is 5.32 Å². The average Bonchev–Trinajstić information content (AvgIpc) is 2.18. The zero-order valence-corrected chi connectivity index (χ0v) is 8.60. The number of hydrogen-bond acceptors (Lipinski definition) is 2. The van der Waals surface area contributed by atoms with Gasteiger partial charge in [-0.2, -0.15) is 0 Å². The van der Waals surface area contributed by atoms with E-state index in [-0.39, 0.29) is 11.8 Å². The maximum atomic E-state index is 10.9. The Kier molecular flexibility index (Phi) is 3.92. The predicted molar refractivity (Wildman–Crippen MR) is 56.0 cm³/mol. The molecule has 0 bridgehead atoms. The van der Waals surface area contributed by atoms with E-state index in [1.807, 2.05) is 0 Å². The summed E-state index contributed by atoms with van der Waals surface area (Å²) in [6.45, 7) is 0. The molecule has 5 heteroatoms. The van der Waals surface area contributed by atoms with Crippen LogP contribution in [0.25, 0.3) is 0 Å². The highest BCUT2D eigenvalue weighted by atomic mass is 35.5. The lowest BCUT2D eigenvalue weighted by Gasteiger charge is -2.03. The molecule has 0 saturated heterocycles. The Balaban J connectivity index is 2.83. The number of benzene rings is 1. The summed E-state index contributed by atoms with van der Waals surface area (Å²) in [6, 6.07) is 6.32. The highest BCUT2D eigenvalue weighted by Crippen LogP contribution is 2.12. The topological polar surface area (TPSA) is 46.2 Å². The minimum absolute atomic E-state index is 0.126. The van der Waals surface area contributed by atoms with Crippen LogP contribution in [0.15, 0.2) is 24.3 Å². The van der Waals surface area contributed by atoms with Crippen LogP contribution >= 0.6 is 23.2 Å². The summed E-state index contributed by atoms with van der Waals surface area (Å²) in [6.07, 6.45) is 0. The standard InChI is InChI=1S/C9H7Cl2NO2/c10-5-8(13)12-7-3-1-2-6(4-7)9(11)14/h1-4H,5H2,(H,12,13). The zero-order valence-electron chi connectivity index (χ0n) is 7.09. The molecule has 0 aromatic heterocycles. The molecule has 0 spiro atoms. The number of rotatable bonds is 3. The maximum absolute atomic E-state index is 10.9. The van der Waals surface area contributed by atoms with E-state index in [0.29, 0.717) is 11.3 Å². The van der Waals surface area contributed by atoms with Crippen molar-refractivity contribution in [1.29, 1.82) is 0 Å². The first kappa shape index (κ1) is 11.0. The molecule has 0 atom stereocenters. The summed E-state index contributed by atoms with van der Waals surface area (Å²) in [4.78, 5) is 21.7. The Bertz CT molecular complexity index is 366. The quantitative estimate of drug-likeness (QED) is 0.641. The third-order valence-electron chi connectivity index (χ3n) is 1.49. The highest BCUT2D eigenvalue weighted by Gasteiger charge is 2.04. The van der Waals surface area contributed by atoms with E-state index in [1.165, 1.54) is 6.07 Å². The first-order chi connectivity index (χ1) is 6.63. The number of amides is 1. The number of carbonyl (C=O) groups is 2. The van der Waals surface area contributed by atoms with E-state index in [9.17, 15) is 9.59 Å². The van der Waals surface area contributed by atoms with Crippen molar-refractivity contribution in [2.24, 2.45) is 0 Å². The van der Waals surface area contributed by atoms with E-state index in [1.54, 1.807) is 18.2 Å². The van der Waals surface area contributed by atoms with Crippen LogP contribution < -0.4 is 5.32 Å². The SMILES string of the molecule is O=C(CCl)Nc1cccc(C(=O)Cl)c1. The summed E-state index contributed by atoms with van der Waals surface area (Å²) in [5.41, 5.74) is 0.834. The molecular formula is C9H7Cl2NO2. The summed E-state index contributed by atoms with van der Waals surface area (Å²) in [5, 5.41) is 1.94. The van der Waals surface area contributed by atoms with Crippen LogP contribution in [0.1, 0.15) is 10.4 Å². The predicted octanol–water partition coefficient (Wildman–Crippen LogP) is 2.24. The van der Waals surface area contributed by atoms with Crippen molar-refractivity contribution >= 4 is 40.0 Å². The third kappa shape index (κ3) is 3.01. The van der Waals surface area contributed by atoms with Gasteiger partial charge in [-0.25, -0.2) is 0 Å². The molecule has 0 saturated carbocycles. The molecule has 0 heterocycles. The van der Waals surface area contributed by atoms with E-state index >= 15 is 0 Å². The summed E-state index contributed by atoms with van der Waals surface area (Å²) in [5.74, 6) is -0.454. The van der Waals surface area contributed by atoms with Gasteiger partial charge in [0.15, 0.2) is 0 Å². The van der Waals surface area contributed by atoms with Gasteiger partial charge in [-0.3, -0.25) is 9.59 Å². The largest absolute Gasteiger partial charge is 0.325 e. The fourth-order valence-electron chi connectivity index (χ4n) is 0.914. The summed E-state index contributed by atoms with van der Waals surface area (Å²) >= 11 is 10.6. The lowest BCUT2D eigenvalue weighted by Crippen LogP contribution is -2.12. The molecule has 1 aromatic carbocycles.